The van der Waals surface area contributed by atoms with Crippen LogP contribution in [-0.2, 0) is 12.0 Å². The Balaban J connectivity index is 1.58. The molecule has 0 bridgehead atoms. The van der Waals surface area contributed by atoms with Crippen LogP contribution >= 0.6 is 0 Å². The lowest BCUT2D eigenvalue weighted by molar-refractivity contribution is 0.473. The van der Waals surface area contributed by atoms with Crippen molar-refractivity contribution in [2.24, 2.45) is 0 Å². The van der Waals surface area contributed by atoms with Crippen LogP contribution in [0.25, 0.3) is 0 Å². The van der Waals surface area contributed by atoms with Gasteiger partial charge in [-0.2, -0.15) is 0 Å². The first kappa shape index (κ1) is 12.2. The zero-order valence-electron chi connectivity index (χ0n) is 11.0. The van der Waals surface area contributed by atoms with Crippen molar-refractivity contribution in [1.82, 2.24) is 5.32 Å². The molecule has 0 aliphatic heterocycles. The first-order chi connectivity index (χ1) is 9.28. The second-order valence-electron chi connectivity index (χ2n) is 5.42. The van der Waals surface area contributed by atoms with Crippen LogP contribution in [0.5, 0.6) is 5.75 Å². The van der Waals surface area contributed by atoms with Gasteiger partial charge in [-0.1, -0.05) is 42.5 Å². The van der Waals surface area contributed by atoms with Crippen LogP contribution in [-0.4, -0.2) is 11.7 Å². The Morgan fingerprint density at radius 2 is 1.79 bits per heavy atom. The molecule has 0 amide bonds. The maximum Gasteiger partial charge on any atom is 0.115 e. The SMILES string of the molecule is Oc1cccc(CNCC2(c3ccccc3)CC2)c1. The number of nitrogens with one attached hydrogen (secondary N) is 1. The summed E-state index contributed by atoms with van der Waals surface area (Å²) < 4.78 is 0. The lowest BCUT2D eigenvalue weighted by atomic mass is 9.96. The highest BCUT2D eigenvalue weighted by Crippen LogP contribution is 2.47. The van der Waals surface area contributed by atoms with E-state index in [4.69, 9.17) is 0 Å². The van der Waals surface area contributed by atoms with Crippen LogP contribution < -0.4 is 5.32 Å². The summed E-state index contributed by atoms with van der Waals surface area (Å²) in [6.07, 6.45) is 2.54. The normalized spacial score (nSPS) is 16.2. The Labute approximate surface area is 114 Å². The van der Waals surface area contributed by atoms with Crippen LogP contribution in [0.15, 0.2) is 54.6 Å². The van der Waals surface area contributed by atoms with Crippen molar-refractivity contribution in [3.63, 3.8) is 0 Å². The summed E-state index contributed by atoms with van der Waals surface area (Å²) in [5.74, 6) is 0.337. The van der Waals surface area contributed by atoms with E-state index in [9.17, 15) is 5.11 Å². The fourth-order valence-electron chi connectivity index (χ4n) is 2.62. The van der Waals surface area contributed by atoms with Crippen molar-refractivity contribution in [1.29, 1.82) is 0 Å². The Kier molecular flexibility index (Phi) is 3.26. The number of aromatic hydroxyl groups is 1. The van der Waals surface area contributed by atoms with Crippen molar-refractivity contribution in [3.05, 3.63) is 65.7 Å². The molecule has 0 heterocycles. The molecule has 0 radical (unpaired) electrons. The molecule has 2 heteroatoms. The molecule has 2 N–H and O–H groups in total. The average Bonchev–Trinajstić information content (AvgIpc) is 3.21. The summed E-state index contributed by atoms with van der Waals surface area (Å²) in [6, 6.07) is 18.2. The molecule has 98 valence electrons. The van der Waals surface area contributed by atoms with E-state index in [1.54, 1.807) is 6.07 Å². The number of hydrogen-bond donors (Lipinski definition) is 2. The fourth-order valence-corrected chi connectivity index (χ4v) is 2.62. The molecule has 3 rings (SSSR count). The molecule has 1 saturated carbocycles. The zero-order chi connectivity index (χ0) is 13.1. The number of benzene rings is 2. The monoisotopic (exact) mass is 253 g/mol. The van der Waals surface area contributed by atoms with Crippen LogP contribution in [0.3, 0.4) is 0 Å². The molecule has 0 unspecified atom stereocenters. The van der Waals surface area contributed by atoms with E-state index in [1.165, 1.54) is 18.4 Å². The molecule has 1 fully saturated rings. The van der Waals surface area contributed by atoms with Crippen LogP contribution in [0, 0.1) is 0 Å². The number of rotatable bonds is 5. The smallest absolute Gasteiger partial charge is 0.115 e. The van der Waals surface area contributed by atoms with Gasteiger partial charge in [0.25, 0.3) is 0 Å². The lowest BCUT2D eigenvalue weighted by Crippen LogP contribution is -2.26. The first-order valence-corrected chi connectivity index (χ1v) is 6.83. The van der Waals surface area contributed by atoms with Crippen molar-refractivity contribution in [2.75, 3.05) is 6.54 Å². The number of phenolic OH excluding ortho intramolecular Hbond substituents is 1. The molecule has 0 saturated heterocycles. The maximum absolute atomic E-state index is 9.43. The summed E-state index contributed by atoms with van der Waals surface area (Å²) in [6.45, 7) is 1.82. The van der Waals surface area contributed by atoms with E-state index in [0.717, 1.165) is 18.7 Å². The molecule has 19 heavy (non-hydrogen) atoms. The van der Waals surface area contributed by atoms with Gasteiger partial charge < -0.3 is 10.4 Å². The summed E-state index contributed by atoms with van der Waals surface area (Å²) >= 11 is 0. The average molecular weight is 253 g/mol. The van der Waals surface area contributed by atoms with Gasteiger partial charge in [-0.25, -0.2) is 0 Å². The van der Waals surface area contributed by atoms with Gasteiger partial charge in [0.2, 0.25) is 0 Å². The van der Waals surface area contributed by atoms with E-state index in [-0.39, 0.29) is 0 Å². The summed E-state index contributed by atoms with van der Waals surface area (Å²) in [5, 5.41) is 13.0. The summed E-state index contributed by atoms with van der Waals surface area (Å²) in [4.78, 5) is 0. The fraction of sp³-hybridized carbons (Fsp3) is 0.294. The lowest BCUT2D eigenvalue weighted by Gasteiger charge is -2.16. The number of phenols is 1. The molecular weight excluding hydrogens is 234 g/mol. The molecule has 1 aliphatic carbocycles. The highest BCUT2D eigenvalue weighted by Gasteiger charge is 2.43. The third-order valence-electron chi connectivity index (χ3n) is 3.94. The Hall–Kier alpha value is -1.80. The molecule has 0 aromatic heterocycles. The van der Waals surface area contributed by atoms with Crippen LogP contribution in [0.1, 0.15) is 24.0 Å². The summed E-state index contributed by atoms with van der Waals surface area (Å²) in [7, 11) is 0. The van der Waals surface area contributed by atoms with Gasteiger partial charge in [-0.3, -0.25) is 0 Å². The number of hydrogen-bond acceptors (Lipinski definition) is 2. The van der Waals surface area contributed by atoms with Gasteiger partial charge in [0.1, 0.15) is 5.75 Å². The molecule has 2 aromatic rings. The Morgan fingerprint density at radius 3 is 2.47 bits per heavy atom. The largest absolute Gasteiger partial charge is 0.508 e. The zero-order valence-corrected chi connectivity index (χ0v) is 11.0. The second kappa shape index (κ2) is 5.06. The van der Waals surface area contributed by atoms with E-state index >= 15 is 0 Å². The van der Waals surface area contributed by atoms with Crippen molar-refractivity contribution >= 4 is 0 Å². The third kappa shape index (κ3) is 2.79. The molecule has 2 nitrogen and oxygen atoms in total. The van der Waals surface area contributed by atoms with Crippen molar-refractivity contribution < 1.29 is 5.11 Å². The Morgan fingerprint density at radius 1 is 1.00 bits per heavy atom. The van der Waals surface area contributed by atoms with Gasteiger partial charge >= 0.3 is 0 Å². The molecule has 0 spiro atoms. The highest BCUT2D eigenvalue weighted by atomic mass is 16.3. The molecule has 2 aromatic carbocycles. The van der Waals surface area contributed by atoms with Crippen LogP contribution in [0.4, 0.5) is 0 Å². The molecule has 1 aliphatic rings. The maximum atomic E-state index is 9.43. The predicted octanol–water partition coefficient (Wildman–Crippen LogP) is 3.21. The second-order valence-corrected chi connectivity index (χ2v) is 5.42. The Bertz CT molecular complexity index is 546. The topological polar surface area (TPSA) is 32.3 Å². The van der Waals surface area contributed by atoms with Gasteiger partial charge in [-0.15, -0.1) is 0 Å². The van der Waals surface area contributed by atoms with E-state index in [1.807, 2.05) is 18.2 Å². The third-order valence-corrected chi connectivity index (χ3v) is 3.94. The quantitative estimate of drug-likeness (QED) is 0.857. The van der Waals surface area contributed by atoms with Crippen LogP contribution in [0.2, 0.25) is 0 Å². The van der Waals surface area contributed by atoms with Gasteiger partial charge in [-0.05, 0) is 36.1 Å². The standard InChI is InChI=1S/C17H19NO/c19-16-8-4-5-14(11-16)12-18-13-17(9-10-17)15-6-2-1-3-7-15/h1-8,11,18-19H,9-10,12-13H2. The predicted molar refractivity (Wildman–Crippen MR) is 77.2 cm³/mol. The highest BCUT2D eigenvalue weighted by molar-refractivity contribution is 5.32. The van der Waals surface area contributed by atoms with Gasteiger partial charge in [0, 0.05) is 18.5 Å². The molecule has 0 atom stereocenters. The minimum atomic E-state index is 0.337. The van der Waals surface area contributed by atoms with Gasteiger partial charge in [0.05, 0.1) is 0 Å². The minimum absolute atomic E-state index is 0.337. The van der Waals surface area contributed by atoms with E-state index in [2.05, 4.69) is 35.6 Å². The minimum Gasteiger partial charge on any atom is -0.508 e. The van der Waals surface area contributed by atoms with Crippen molar-refractivity contribution in [3.8, 4) is 5.75 Å². The molecular formula is C17H19NO. The summed E-state index contributed by atoms with van der Waals surface area (Å²) in [5.41, 5.74) is 2.92. The van der Waals surface area contributed by atoms with Crippen molar-refractivity contribution in [2.45, 2.75) is 24.8 Å². The van der Waals surface area contributed by atoms with E-state index in [0.29, 0.717) is 11.2 Å². The first-order valence-electron chi connectivity index (χ1n) is 6.83. The van der Waals surface area contributed by atoms with Gasteiger partial charge in [0.15, 0.2) is 0 Å². The van der Waals surface area contributed by atoms with E-state index < -0.39 is 0 Å².